The van der Waals surface area contributed by atoms with E-state index in [0.29, 0.717) is 17.0 Å². The molecule has 0 bridgehead atoms. The van der Waals surface area contributed by atoms with Crippen LogP contribution in [0.1, 0.15) is 65.6 Å². The van der Waals surface area contributed by atoms with Gasteiger partial charge in [-0.15, -0.1) is 0 Å². The zero-order valence-corrected chi connectivity index (χ0v) is 22.8. The number of benzene rings is 2. The molecule has 2 rings (SSSR count). The minimum Gasteiger partial charge on any atom is -0.497 e. The van der Waals surface area contributed by atoms with E-state index in [0.717, 1.165) is 5.56 Å². The van der Waals surface area contributed by atoms with Crippen molar-refractivity contribution < 1.29 is 23.9 Å². The molecule has 0 aliphatic carbocycles. The number of anilines is 1. The number of carbonyl (C=O) groups is 3. The fourth-order valence-electron chi connectivity index (χ4n) is 3.78. The van der Waals surface area contributed by atoms with Gasteiger partial charge in [0.25, 0.3) is 5.91 Å². The maximum absolute atomic E-state index is 13.8. The van der Waals surface area contributed by atoms with Crippen LogP contribution in [0.3, 0.4) is 0 Å². The predicted octanol–water partition coefficient (Wildman–Crippen LogP) is 5.22. The fourth-order valence-corrected chi connectivity index (χ4v) is 3.78. The van der Waals surface area contributed by atoms with Gasteiger partial charge in [-0.05, 0) is 90.8 Å². The number of rotatable bonds is 7. The molecule has 196 valence electrons. The molecular formula is C28H39N3O5. The molecule has 2 aromatic rings. The van der Waals surface area contributed by atoms with Crippen molar-refractivity contribution in [2.75, 3.05) is 12.4 Å². The molecule has 36 heavy (non-hydrogen) atoms. The average Bonchev–Trinajstić information content (AvgIpc) is 2.75. The van der Waals surface area contributed by atoms with Gasteiger partial charge in [-0.3, -0.25) is 9.59 Å². The Labute approximate surface area is 214 Å². The van der Waals surface area contributed by atoms with E-state index < -0.39 is 35.2 Å². The molecule has 0 radical (unpaired) electrons. The Hall–Kier alpha value is -3.55. The Morgan fingerprint density at radius 3 is 2.00 bits per heavy atom. The van der Waals surface area contributed by atoms with Crippen LogP contribution in [0.5, 0.6) is 5.75 Å². The topological polar surface area (TPSA) is 97.0 Å². The Morgan fingerprint density at radius 1 is 0.917 bits per heavy atom. The van der Waals surface area contributed by atoms with Crippen LogP contribution in [-0.2, 0) is 14.3 Å². The van der Waals surface area contributed by atoms with Gasteiger partial charge >= 0.3 is 6.09 Å². The standard InChI is InChI=1S/C28H39N3O5/c1-18-12-10-11-13-22(18)23(24(32)30-20-14-16-21(35-9)17-15-20)31(27(3,4)5)25(33)19(2)29-26(34)36-28(6,7)8/h10-17,19,23H,1-9H3,(H,29,34)(H,30,32). The van der Waals surface area contributed by atoms with E-state index in [1.807, 2.05) is 52.0 Å². The van der Waals surface area contributed by atoms with Gasteiger partial charge in [0.2, 0.25) is 5.91 Å². The fraction of sp³-hybridized carbons (Fsp3) is 0.464. The van der Waals surface area contributed by atoms with Crippen LogP contribution < -0.4 is 15.4 Å². The number of aryl methyl sites for hydroxylation is 1. The zero-order chi connectivity index (χ0) is 27.3. The molecule has 0 fully saturated rings. The summed E-state index contributed by atoms with van der Waals surface area (Å²) in [6.45, 7) is 14.3. The summed E-state index contributed by atoms with van der Waals surface area (Å²) in [5.41, 5.74) is 0.656. The lowest BCUT2D eigenvalue weighted by atomic mass is 9.93. The molecule has 2 atom stereocenters. The smallest absolute Gasteiger partial charge is 0.408 e. The summed E-state index contributed by atoms with van der Waals surface area (Å²) in [6.07, 6.45) is -0.702. The van der Waals surface area contributed by atoms with Crippen molar-refractivity contribution in [1.29, 1.82) is 0 Å². The highest BCUT2D eigenvalue weighted by Gasteiger charge is 2.41. The Morgan fingerprint density at radius 2 is 1.50 bits per heavy atom. The minimum absolute atomic E-state index is 0.373. The summed E-state index contributed by atoms with van der Waals surface area (Å²) in [5.74, 6) is -0.120. The van der Waals surface area contributed by atoms with Crippen LogP contribution in [0, 0.1) is 6.92 Å². The molecule has 2 N–H and O–H groups in total. The van der Waals surface area contributed by atoms with Crippen LogP contribution in [-0.4, -0.2) is 47.1 Å². The van der Waals surface area contributed by atoms with Gasteiger partial charge in [-0.2, -0.15) is 0 Å². The highest BCUT2D eigenvalue weighted by Crippen LogP contribution is 2.32. The molecule has 0 heterocycles. The first-order valence-electron chi connectivity index (χ1n) is 12.0. The minimum atomic E-state index is -0.955. The number of hydrogen-bond donors (Lipinski definition) is 2. The number of alkyl carbamates (subject to hydrolysis) is 1. The summed E-state index contributed by atoms with van der Waals surface area (Å²) >= 11 is 0. The van der Waals surface area contributed by atoms with Gasteiger partial charge in [0.15, 0.2) is 0 Å². The molecule has 0 aromatic heterocycles. The maximum atomic E-state index is 13.8. The SMILES string of the molecule is COc1ccc(NC(=O)C(c2ccccc2C)N(C(=O)C(C)NC(=O)OC(C)(C)C)C(C)(C)C)cc1. The first-order chi connectivity index (χ1) is 16.6. The van der Waals surface area contributed by atoms with E-state index in [2.05, 4.69) is 10.6 Å². The Bertz CT molecular complexity index is 1070. The molecule has 8 nitrogen and oxygen atoms in total. The van der Waals surface area contributed by atoms with Crippen LogP contribution in [0.15, 0.2) is 48.5 Å². The van der Waals surface area contributed by atoms with E-state index in [1.165, 1.54) is 4.90 Å². The molecule has 0 saturated carbocycles. The number of nitrogens with zero attached hydrogens (tertiary/aromatic N) is 1. The van der Waals surface area contributed by atoms with E-state index in [4.69, 9.17) is 9.47 Å². The van der Waals surface area contributed by atoms with Crippen LogP contribution in [0.25, 0.3) is 0 Å². The van der Waals surface area contributed by atoms with Crippen LogP contribution in [0.4, 0.5) is 10.5 Å². The lowest BCUT2D eigenvalue weighted by molar-refractivity contribution is -0.146. The van der Waals surface area contributed by atoms with E-state index in [9.17, 15) is 14.4 Å². The molecule has 0 spiro atoms. The highest BCUT2D eigenvalue weighted by molar-refractivity contribution is 5.99. The summed E-state index contributed by atoms with van der Waals surface area (Å²) in [4.78, 5) is 41.5. The second-order valence-electron chi connectivity index (χ2n) is 10.7. The number of hydrogen-bond acceptors (Lipinski definition) is 5. The van der Waals surface area contributed by atoms with Gasteiger partial charge in [-0.1, -0.05) is 24.3 Å². The predicted molar refractivity (Wildman–Crippen MR) is 141 cm³/mol. The van der Waals surface area contributed by atoms with Crippen molar-refractivity contribution in [3.8, 4) is 5.75 Å². The van der Waals surface area contributed by atoms with Gasteiger partial charge < -0.3 is 25.0 Å². The third kappa shape index (κ3) is 7.73. The first-order valence-corrected chi connectivity index (χ1v) is 12.0. The van der Waals surface area contributed by atoms with Crippen molar-refractivity contribution in [2.45, 2.75) is 78.6 Å². The molecular weight excluding hydrogens is 458 g/mol. The Kier molecular flexibility index (Phi) is 9.13. The zero-order valence-electron chi connectivity index (χ0n) is 22.8. The van der Waals surface area contributed by atoms with Crippen molar-refractivity contribution in [1.82, 2.24) is 10.2 Å². The third-order valence-corrected chi connectivity index (χ3v) is 5.41. The number of ether oxygens (including phenoxy) is 2. The maximum Gasteiger partial charge on any atom is 0.408 e. The van der Waals surface area contributed by atoms with Crippen LogP contribution in [0.2, 0.25) is 0 Å². The number of nitrogens with one attached hydrogen (secondary N) is 2. The second-order valence-corrected chi connectivity index (χ2v) is 10.7. The normalized spacial score (nSPS) is 13.2. The van der Waals surface area contributed by atoms with Crippen molar-refractivity contribution in [3.63, 3.8) is 0 Å². The van der Waals surface area contributed by atoms with Crippen molar-refractivity contribution in [3.05, 3.63) is 59.7 Å². The highest BCUT2D eigenvalue weighted by atomic mass is 16.6. The largest absolute Gasteiger partial charge is 0.497 e. The van der Waals surface area contributed by atoms with E-state index in [1.54, 1.807) is 59.1 Å². The molecule has 8 heteroatoms. The number of methoxy groups -OCH3 is 1. The molecule has 3 amide bonds. The monoisotopic (exact) mass is 497 g/mol. The molecule has 2 unspecified atom stereocenters. The van der Waals surface area contributed by atoms with Gasteiger partial charge in [0, 0.05) is 11.2 Å². The number of amides is 3. The van der Waals surface area contributed by atoms with Crippen molar-refractivity contribution >= 4 is 23.6 Å². The van der Waals surface area contributed by atoms with Gasteiger partial charge in [-0.25, -0.2) is 4.79 Å². The summed E-state index contributed by atoms with van der Waals surface area (Å²) in [6, 6.07) is 12.5. The molecule has 0 aliphatic heterocycles. The average molecular weight is 498 g/mol. The first kappa shape index (κ1) is 28.7. The molecule has 2 aromatic carbocycles. The van der Waals surface area contributed by atoms with E-state index >= 15 is 0 Å². The summed E-state index contributed by atoms with van der Waals surface area (Å²) in [7, 11) is 1.57. The van der Waals surface area contributed by atoms with Gasteiger partial charge in [0.05, 0.1) is 7.11 Å². The van der Waals surface area contributed by atoms with Crippen LogP contribution >= 0.6 is 0 Å². The summed E-state index contributed by atoms with van der Waals surface area (Å²) in [5, 5.41) is 5.55. The van der Waals surface area contributed by atoms with Gasteiger partial charge in [0.1, 0.15) is 23.4 Å². The quantitative estimate of drug-likeness (QED) is 0.546. The number of carbonyl (C=O) groups excluding carboxylic acids is 3. The van der Waals surface area contributed by atoms with E-state index in [-0.39, 0.29) is 5.91 Å². The van der Waals surface area contributed by atoms with Crippen molar-refractivity contribution in [2.24, 2.45) is 0 Å². The third-order valence-electron chi connectivity index (χ3n) is 5.41. The molecule has 0 saturated heterocycles. The Balaban J connectivity index is 2.47. The lowest BCUT2D eigenvalue weighted by Gasteiger charge is -2.43. The second kappa shape index (κ2) is 11.5. The molecule has 0 aliphatic rings. The lowest BCUT2D eigenvalue weighted by Crippen LogP contribution is -2.57. The summed E-state index contributed by atoms with van der Waals surface area (Å²) < 4.78 is 10.5.